The van der Waals surface area contributed by atoms with Crippen LogP contribution in [0.5, 0.6) is 17.4 Å². The molecule has 3 rings (SSSR count). The number of methoxy groups -OCH3 is 1. The van der Waals surface area contributed by atoms with Crippen molar-refractivity contribution >= 4 is 51.3 Å². The van der Waals surface area contributed by atoms with Crippen molar-refractivity contribution in [2.75, 3.05) is 20.3 Å². The number of ether oxygens (including phenoxy) is 4. The number of amides is 1. The highest BCUT2D eigenvalue weighted by Gasteiger charge is 2.15. The van der Waals surface area contributed by atoms with Gasteiger partial charge in [0, 0.05) is 34.0 Å². The number of aryl methyl sites for hydroxylation is 1. The number of hydrogen-bond donors (Lipinski definition) is 1. The normalized spacial score (nSPS) is 10.8. The van der Waals surface area contributed by atoms with E-state index in [4.69, 9.17) is 42.1 Å². The summed E-state index contributed by atoms with van der Waals surface area (Å²) >= 11 is 15.7. The summed E-state index contributed by atoms with van der Waals surface area (Å²) in [5, 5.41) is 14.5. The summed E-state index contributed by atoms with van der Waals surface area (Å²) < 4.78 is 23.0. The van der Waals surface area contributed by atoms with Crippen LogP contribution in [0.3, 0.4) is 0 Å². The molecule has 0 atom stereocenters. The summed E-state index contributed by atoms with van der Waals surface area (Å²) in [5.41, 5.74) is 5.27. The van der Waals surface area contributed by atoms with E-state index in [9.17, 15) is 10.1 Å². The summed E-state index contributed by atoms with van der Waals surface area (Å²) in [7, 11) is 1.52. The van der Waals surface area contributed by atoms with Gasteiger partial charge in [-0.15, -0.1) is 0 Å². The number of nitrogens with one attached hydrogen (secondary N) is 1. The van der Waals surface area contributed by atoms with Crippen molar-refractivity contribution in [2.24, 2.45) is 5.10 Å². The van der Waals surface area contributed by atoms with Gasteiger partial charge in [0.15, 0.2) is 18.1 Å². The van der Waals surface area contributed by atoms with Gasteiger partial charge < -0.3 is 18.9 Å². The highest BCUT2D eigenvalue weighted by atomic mass is 79.9. The number of hydrazone groups is 1. The molecule has 0 aliphatic carbocycles. The average molecular weight is 636 g/mol. The number of nitrogens with zero attached hydrogens (tertiary/aromatic N) is 3. The Balaban J connectivity index is 1.65. The minimum absolute atomic E-state index is 0.0597. The smallest absolute Gasteiger partial charge is 0.278 e. The number of nitriles is 1. The fourth-order valence-electron chi connectivity index (χ4n) is 3.40. The highest BCUT2D eigenvalue weighted by molar-refractivity contribution is 9.10. The van der Waals surface area contributed by atoms with Crippen LogP contribution in [0, 0.1) is 18.3 Å². The molecule has 0 saturated heterocycles. The number of pyridine rings is 1. The van der Waals surface area contributed by atoms with Gasteiger partial charge in [-0.25, -0.2) is 10.4 Å². The van der Waals surface area contributed by atoms with Crippen LogP contribution in [0.2, 0.25) is 10.0 Å². The standard InChI is InChI=1S/C27H25BrCl2N4O5/c1-4-37-24-9-17(8-22(28)26(24)38-14-18-5-6-20(29)10-23(18)30)12-32-34-25(35)15-39-27-21(11-31)19(13-36-3)7-16(2)33-27/h5-10,12H,4,13-15H2,1-3H3,(H,34,35)/b32-12-. The third-order valence-corrected chi connectivity index (χ3v) is 6.25. The van der Waals surface area contributed by atoms with E-state index in [1.54, 1.807) is 43.3 Å². The van der Waals surface area contributed by atoms with Crippen molar-refractivity contribution in [3.63, 3.8) is 0 Å². The second-order valence-electron chi connectivity index (χ2n) is 8.02. The van der Waals surface area contributed by atoms with Gasteiger partial charge >= 0.3 is 0 Å². The SMILES string of the molecule is CCOc1cc(/C=N\NC(=O)COc2nc(C)cc(COC)c2C#N)cc(Br)c1OCc1ccc(Cl)cc1Cl. The number of hydrogen-bond acceptors (Lipinski definition) is 8. The highest BCUT2D eigenvalue weighted by Crippen LogP contribution is 2.37. The Bertz CT molecular complexity index is 1410. The molecule has 1 aromatic heterocycles. The van der Waals surface area contributed by atoms with E-state index in [0.29, 0.717) is 49.4 Å². The molecule has 0 spiro atoms. The third kappa shape index (κ3) is 8.57. The summed E-state index contributed by atoms with van der Waals surface area (Å²) in [5.74, 6) is 0.499. The van der Waals surface area contributed by atoms with Crippen LogP contribution < -0.4 is 19.6 Å². The van der Waals surface area contributed by atoms with E-state index in [-0.39, 0.29) is 31.3 Å². The Kier molecular flexibility index (Phi) is 11.4. The maximum atomic E-state index is 12.3. The van der Waals surface area contributed by atoms with Crippen LogP contribution in [-0.4, -0.2) is 37.4 Å². The minimum Gasteiger partial charge on any atom is -0.490 e. The molecule has 9 nitrogen and oxygen atoms in total. The largest absolute Gasteiger partial charge is 0.490 e. The molecule has 0 radical (unpaired) electrons. The quantitative estimate of drug-likeness (QED) is 0.192. The lowest BCUT2D eigenvalue weighted by molar-refractivity contribution is -0.123. The fraction of sp³-hybridized carbons (Fsp3) is 0.259. The van der Waals surface area contributed by atoms with Crippen molar-refractivity contribution in [1.82, 2.24) is 10.4 Å². The van der Waals surface area contributed by atoms with Crippen LogP contribution in [0.1, 0.15) is 34.9 Å². The van der Waals surface area contributed by atoms with Gasteiger partial charge in [0.25, 0.3) is 5.91 Å². The van der Waals surface area contributed by atoms with Crippen molar-refractivity contribution in [1.29, 1.82) is 5.26 Å². The van der Waals surface area contributed by atoms with E-state index in [2.05, 4.69) is 31.4 Å². The van der Waals surface area contributed by atoms with Crippen LogP contribution in [-0.2, 0) is 22.7 Å². The summed E-state index contributed by atoms with van der Waals surface area (Å²) in [6, 6.07) is 12.5. The Morgan fingerprint density at radius 1 is 1.15 bits per heavy atom. The first-order chi connectivity index (χ1) is 18.7. The van der Waals surface area contributed by atoms with Crippen molar-refractivity contribution in [3.8, 4) is 23.4 Å². The number of benzene rings is 2. The minimum atomic E-state index is -0.532. The molecular weight excluding hydrogens is 611 g/mol. The van der Waals surface area contributed by atoms with Crippen LogP contribution in [0.25, 0.3) is 0 Å². The first kappa shape index (κ1) is 30.2. The zero-order valence-corrected chi connectivity index (χ0v) is 24.5. The lowest BCUT2D eigenvalue weighted by Gasteiger charge is -2.15. The second kappa shape index (κ2) is 14.7. The van der Waals surface area contributed by atoms with Gasteiger partial charge in [0.05, 0.1) is 23.9 Å². The van der Waals surface area contributed by atoms with Crippen LogP contribution >= 0.6 is 39.1 Å². The molecule has 0 fully saturated rings. The maximum Gasteiger partial charge on any atom is 0.278 e. The van der Waals surface area contributed by atoms with Gasteiger partial charge in [-0.2, -0.15) is 10.4 Å². The van der Waals surface area contributed by atoms with E-state index in [1.807, 2.05) is 13.0 Å². The zero-order valence-electron chi connectivity index (χ0n) is 21.4. The second-order valence-corrected chi connectivity index (χ2v) is 9.71. The molecule has 204 valence electrons. The molecule has 2 aromatic carbocycles. The Hall–Kier alpha value is -3.36. The zero-order chi connectivity index (χ0) is 28.4. The van der Waals surface area contributed by atoms with Gasteiger partial charge in [-0.3, -0.25) is 4.79 Å². The molecule has 12 heteroatoms. The van der Waals surface area contributed by atoms with E-state index in [0.717, 1.165) is 5.56 Å². The molecule has 0 bridgehead atoms. The predicted octanol–water partition coefficient (Wildman–Crippen LogP) is 5.98. The first-order valence-electron chi connectivity index (χ1n) is 11.6. The third-order valence-electron chi connectivity index (χ3n) is 5.07. The molecule has 0 unspecified atom stereocenters. The van der Waals surface area contributed by atoms with Gasteiger partial charge in [-0.05, 0) is 65.7 Å². The molecule has 0 aliphatic heterocycles. The summed E-state index contributed by atoms with van der Waals surface area (Å²) in [4.78, 5) is 16.5. The number of rotatable bonds is 12. The number of aromatic nitrogens is 1. The van der Waals surface area contributed by atoms with Gasteiger partial charge in [0.1, 0.15) is 18.2 Å². The van der Waals surface area contributed by atoms with E-state index < -0.39 is 5.91 Å². The average Bonchev–Trinajstić information content (AvgIpc) is 2.88. The molecule has 0 saturated carbocycles. The summed E-state index contributed by atoms with van der Waals surface area (Å²) in [6.45, 7) is 4.06. The molecule has 0 aliphatic rings. The van der Waals surface area contributed by atoms with Gasteiger partial charge in [0.2, 0.25) is 5.88 Å². The Morgan fingerprint density at radius 2 is 1.95 bits per heavy atom. The lowest BCUT2D eigenvalue weighted by atomic mass is 10.1. The van der Waals surface area contributed by atoms with E-state index in [1.165, 1.54) is 13.3 Å². The molecule has 1 heterocycles. The van der Waals surface area contributed by atoms with Crippen LogP contribution in [0.4, 0.5) is 0 Å². The van der Waals surface area contributed by atoms with Crippen molar-refractivity contribution in [2.45, 2.75) is 27.1 Å². The molecule has 3 aromatic rings. The first-order valence-corrected chi connectivity index (χ1v) is 13.2. The molecule has 39 heavy (non-hydrogen) atoms. The fourth-order valence-corrected chi connectivity index (χ4v) is 4.44. The summed E-state index contributed by atoms with van der Waals surface area (Å²) in [6.07, 6.45) is 1.45. The lowest BCUT2D eigenvalue weighted by Crippen LogP contribution is -2.25. The molecular formula is C27H25BrCl2N4O5. The number of carbonyl (C=O) groups is 1. The monoisotopic (exact) mass is 634 g/mol. The van der Waals surface area contributed by atoms with Crippen molar-refractivity contribution in [3.05, 3.63) is 78.9 Å². The molecule has 1 N–H and O–H groups in total. The van der Waals surface area contributed by atoms with Gasteiger partial charge in [-0.1, -0.05) is 29.3 Å². The number of carbonyl (C=O) groups excluding carboxylic acids is 1. The maximum absolute atomic E-state index is 12.3. The number of halogens is 3. The predicted molar refractivity (Wildman–Crippen MR) is 152 cm³/mol. The Morgan fingerprint density at radius 3 is 2.64 bits per heavy atom. The Labute approximate surface area is 244 Å². The topological polar surface area (TPSA) is 115 Å². The van der Waals surface area contributed by atoms with Crippen molar-refractivity contribution < 1.29 is 23.7 Å². The van der Waals surface area contributed by atoms with E-state index >= 15 is 0 Å². The molecule has 1 amide bonds. The van der Waals surface area contributed by atoms with Crippen LogP contribution in [0.15, 0.2) is 46.0 Å².